The van der Waals surface area contributed by atoms with Crippen molar-refractivity contribution < 1.29 is 5.11 Å². The molecule has 2 rings (SSSR count). The van der Waals surface area contributed by atoms with Crippen LogP contribution < -0.4 is 5.32 Å². The average molecular weight is 262 g/mol. The molecule has 2 atom stereocenters. The van der Waals surface area contributed by atoms with Gasteiger partial charge in [-0.25, -0.2) is 0 Å². The van der Waals surface area contributed by atoms with E-state index in [1.165, 1.54) is 11.1 Å². The second-order valence-electron chi connectivity index (χ2n) is 5.81. The van der Waals surface area contributed by atoms with Gasteiger partial charge in [0.15, 0.2) is 0 Å². The summed E-state index contributed by atoms with van der Waals surface area (Å²) in [5, 5.41) is 13.2. The summed E-state index contributed by atoms with van der Waals surface area (Å²) in [5.41, 5.74) is 2.58. The molecule has 0 aromatic heterocycles. The van der Waals surface area contributed by atoms with E-state index in [0.29, 0.717) is 12.0 Å². The van der Waals surface area contributed by atoms with Gasteiger partial charge in [-0.05, 0) is 24.0 Å². The molecule has 0 amide bonds. The van der Waals surface area contributed by atoms with Crippen molar-refractivity contribution in [2.24, 2.45) is 0 Å². The minimum absolute atomic E-state index is 0.123. The van der Waals surface area contributed by atoms with E-state index in [4.69, 9.17) is 0 Å². The van der Waals surface area contributed by atoms with Gasteiger partial charge in [0.1, 0.15) is 0 Å². The third kappa shape index (κ3) is 3.35. The number of nitrogens with one attached hydrogen (secondary N) is 1. The van der Waals surface area contributed by atoms with Gasteiger partial charge in [0, 0.05) is 25.7 Å². The highest BCUT2D eigenvalue weighted by atomic mass is 16.3. The molecule has 0 saturated carbocycles. The smallest absolute Gasteiger partial charge is 0.0628 e. The Hall–Kier alpha value is -0.900. The SMILES string of the molecule is CC(C)c1ccc(C(CO)N2CCNCC2C)cc1. The van der Waals surface area contributed by atoms with Gasteiger partial charge in [-0.15, -0.1) is 0 Å². The maximum Gasteiger partial charge on any atom is 0.0628 e. The Morgan fingerprint density at radius 3 is 2.42 bits per heavy atom. The molecule has 1 fully saturated rings. The van der Waals surface area contributed by atoms with Gasteiger partial charge < -0.3 is 10.4 Å². The van der Waals surface area contributed by atoms with Crippen molar-refractivity contribution in [2.45, 2.75) is 38.8 Å². The predicted molar refractivity (Wildman–Crippen MR) is 79.4 cm³/mol. The molecule has 106 valence electrons. The van der Waals surface area contributed by atoms with Gasteiger partial charge in [-0.2, -0.15) is 0 Å². The fraction of sp³-hybridized carbons (Fsp3) is 0.625. The van der Waals surface area contributed by atoms with Crippen LogP contribution in [0.3, 0.4) is 0 Å². The number of aliphatic hydroxyl groups is 1. The van der Waals surface area contributed by atoms with Gasteiger partial charge in [0.25, 0.3) is 0 Å². The number of hydrogen-bond acceptors (Lipinski definition) is 3. The predicted octanol–water partition coefficient (Wildman–Crippen LogP) is 2.14. The molecule has 1 aliphatic heterocycles. The zero-order chi connectivity index (χ0) is 13.8. The van der Waals surface area contributed by atoms with Crippen LogP contribution in [-0.4, -0.2) is 42.3 Å². The molecule has 1 saturated heterocycles. The fourth-order valence-electron chi connectivity index (χ4n) is 2.82. The molecule has 3 nitrogen and oxygen atoms in total. The topological polar surface area (TPSA) is 35.5 Å². The highest BCUT2D eigenvalue weighted by molar-refractivity contribution is 5.27. The Balaban J connectivity index is 2.16. The summed E-state index contributed by atoms with van der Waals surface area (Å²) in [7, 11) is 0. The lowest BCUT2D eigenvalue weighted by Gasteiger charge is -2.39. The lowest BCUT2D eigenvalue weighted by atomic mass is 9.97. The zero-order valence-corrected chi connectivity index (χ0v) is 12.3. The number of benzene rings is 1. The third-order valence-electron chi connectivity index (χ3n) is 4.11. The summed E-state index contributed by atoms with van der Waals surface area (Å²) < 4.78 is 0. The molecule has 1 aromatic rings. The average Bonchev–Trinajstić information content (AvgIpc) is 2.42. The molecule has 1 heterocycles. The summed E-state index contributed by atoms with van der Waals surface area (Å²) in [6, 6.07) is 9.31. The number of rotatable bonds is 4. The Bertz CT molecular complexity index is 388. The number of nitrogens with zero attached hydrogens (tertiary/aromatic N) is 1. The molecule has 19 heavy (non-hydrogen) atoms. The standard InChI is InChI=1S/C16H26N2O/c1-12(2)14-4-6-15(7-5-14)16(11-19)18-9-8-17-10-13(18)3/h4-7,12-13,16-17,19H,8-11H2,1-3H3. The Labute approximate surface area is 116 Å². The maximum atomic E-state index is 9.77. The van der Waals surface area contributed by atoms with Gasteiger partial charge >= 0.3 is 0 Å². The zero-order valence-electron chi connectivity index (χ0n) is 12.3. The summed E-state index contributed by atoms with van der Waals surface area (Å²) in [6.07, 6.45) is 0. The Morgan fingerprint density at radius 2 is 1.89 bits per heavy atom. The summed E-state index contributed by atoms with van der Waals surface area (Å²) in [5.74, 6) is 0.555. The summed E-state index contributed by atoms with van der Waals surface area (Å²) in [4.78, 5) is 2.40. The summed E-state index contributed by atoms with van der Waals surface area (Å²) >= 11 is 0. The molecular formula is C16H26N2O. The highest BCUT2D eigenvalue weighted by Crippen LogP contribution is 2.25. The first-order valence-corrected chi connectivity index (χ1v) is 7.30. The first kappa shape index (κ1) is 14.5. The molecule has 3 heteroatoms. The molecule has 2 N–H and O–H groups in total. The largest absolute Gasteiger partial charge is 0.394 e. The minimum Gasteiger partial charge on any atom is -0.394 e. The minimum atomic E-state index is 0.123. The van der Waals surface area contributed by atoms with Gasteiger partial charge in [-0.1, -0.05) is 38.1 Å². The van der Waals surface area contributed by atoms with Crippen molar-refractivity contribution in [1.29, 1.82) is 0 Å². The highest BCUT2D eigenvalue weighted by Gasteiger charge is 2.26. The number of aliphatic hydroxyl groups excluding tert-OH is 1. The maximum absolute atomic E-state index is 9.77. The van der Waals surface area contributed by atoms with Crippen LogP contribution in [0, 0.1) is 0 Å². The van der Waals surface area contributed by atoms with E-state index >= 15 is 0 Å². The van der Waals surface area contributed by atoms with Crippen LogP contribution in [0.5, 0.6) is 0 Å². The molecule has 0 spiro atoms. The van der Waals surface area contributed by atoms with Crippen LogP contribution in [0.15, 0.2) is 24.3 Å². The quantitative estimate of drug-likeness (QED) is 0.872. The lowest BCUT2D eigenvalue weighted by Crippen LogP contribution is -2.51. The van der Waals surface area contributed by atoms with Crippen molar-refractivity contribution in [3.63, 3.8) is 0 Å². The molecular weight excluding hydrogens is 236 g/mol. The summed E-state index contributed by atoms with van der Waals surface area (Å²) in [6.45, 7) is 9.82. The van der Waals surface area contributed by atoms with Crippen LogP contribution in [0.25, 0.3) is 0 Å². The van der Waals surface area contributed by atoms with E-state index < -0.39 is 0 Å². The van der Waals surface area contributed by atoms with Crippen LogP contribution >= 0.6 is 0 Å². The molecule has 0 aliphatic carbocycles. The fourth-order valence-corrected chi connectivity index (χ4v) is 2.82. The van der Waals surface area contributed by atoms with Crippen molar-refractivity contribution >= 4 is 0 Å². The van der Waals surface area contributed by atoms with Gasteiger partial charge in [0.2, 0.25) is 0 Å². The van der Waals surface area contributed by atoms with Crippen molar-refractivity contribution in [1.82, 2.24) is 10.2 Å². The van der Waals surface area contributed by atoms with Crippen LogP contribution in [-0.2, 0) is 0 Å². The first-order valence-electron chi connectivity index (χ1n) is 7.30. The lowest BCUT2D eigenvalue weighted by molar-refractivity contribution is 0.0723. The van der Waals surface area contributed by atoms with Gasteiger partial charge in [0.05, 0.1) is 12.6 Å². The Morgan fingerprint density at radius 1 is 1.26 bits per heavy atom. The van der Waals surface area contributed by atoms with E-state index in [2.05, 4.69) is 55.3 Å². The monoisotopic (exact) mass is 262 g/mol. The molecule has 0 bridgehead atoms. The van der Waals surface area contributed by atoms with Crippen molar-refractivity contribution in [3.8, 4) is 0 Å². The number of hydrogen-bond donors (Lipinski definition) is 2. The first-order chi connectivity index (χ1) is 9.13. The molecule has 0 radical (unpaired) electrons. The second-order valence-corrected chi connectivity index (χ2v) is 5.81. The second kappa shape index (κ2) is 6.51. The Kier molecular flexibility index (Phi) is 4.97. The molecule has 2 unspecified atom stereocenters. The van der Waals surface area contributed by atoms with E-state index in [0.717, 1.165) is 19.6 Å². The van der Waals surface area contributed by atoms with Crippen LogP contribution in [0.4, 0.5) is 0 Å². The van der Waals surface area contributed by atoms with Gasteiger partial charge in [-0.3, -0.25) is 4.90 Å². The number of piperazine rings is 1. The van der Waals surface area contributed by atoms with Crippen molar-refractivity contribution in [2.75, 3.05) is 26.2 Å². The van der Waals surface area contributed by atoms with E-state index in [9.17, 15) is 5.11 Å². The molecule has 1 aromatic carbocycles. The van der Waals surface area contributed by atoms with E-state index in [1.54, 1.807) is 0 Å². The van der Waals surface area contributed by atoms with Crippen LogP contribution in [0.1, 0.15) is 43.9 Å². The van der Waals surface area contributed by atoms with E-state index in [-0.39, 0.29) is 12.6 Å². The van der Waals surface area contributed by atoms with Crippen molar-refractivity contribution in [3.05, 3.63) is 35.4 Å². The molecule has 1 aliphatic rings. The normalized spacial score (nSPS) is 22.7. The van der Waals surface area contributed by atoms with Crippen LogP contribution in [0.2, 0.25) is 0 Å². The third-order valence-corrected chi connectivity index (χ3v) is 4.11. The van der Waals surface area contributed by atoms with E-state index in [1.807, 2.05) is 0 Å².